The number of carbonyl (C=O) groups excluding carboxylic acids is 3. The molecule has 3 aromatic rings. The van der Waals surface area contributed by atoms with E-state index in [4.69, 9.17) is 14.2 Å². The SMILES string of the molecule is COC(=O)C(Cc1ccccc1)N1CN(C(Cc2ccccc2)C(=O)OC)CN(C(Cc2ccccc2)C(=O)OC)C1. The van der Waals surface area contributed by atoms with Crippen LogP contribution in [-0.2, 0) is 47.9 Å². The topological polar surface area (TPSA) is 88.6 Å². The highest BCUT2D eigenvalue weighted by molar-refractivity contribution is 5.78. The summed E-state index contributed by atoms with van der Waals surface area (Å²) in [4.78, 5) is 45.6. The molecule has 222 valence electrons. The molecule has 0 amide bonds. The van der Waals surface area contributed by atoms with Gasteiger partial charge in [0.05, 0.1) is 41.3 Å². The summed E-state index contributed by atoms with van der Waals surface area (Å²) in [6, 6.07) is 27.2. The first-order valence-corrected chi connectivity index (χ1v) is 14.0. The van der Waals surface area contributed by atoms with Crippen molar-refractivity contribution in [2.45, 2.75) is 37.4 Å². The van der Waals surface area contributed by atoms with Crippen LogP contribution in [0.3, 0.4) is 0 Å². The van der Waals surface area contributed by atoms with E-state index in [0.717, 1.165) is 16.7 Å². The van der Waals surface area contributed by atoms with Gasteiger partial charge < -0.3 is 14.2 Å². The molecular formula is C33H39N3O6. The van der Waals surface area contributed by atoms with Crippen LogP contribution in [0.2, 0.25) is 0 Å². The average molecular weight is 574 g/mol. The lowest BCUT2D eigenvalue weighted by molar-refractivity contribution is -0.166. The van der Waals surface area contributed by atoms with Gasteiger partial charge in [0, 0.05) is 0 Å². The van der Waals surface area contributed by atoms with Crippen LogP contribution in [0, 0.1) is 0 Å². The van der Waals surface area contributed by atoms with E-state index in [2.05, 4.69) is 0 Å². The van der Waals surface area contributed by atoms with Crippen LogP contribution in [0.15, 0.2) is 91.0 Å². The maximum absolute atomic E-state index is 13.2. The van der Waals surface area contributed by atoms with Gasteiger partial charge in [-0.25, -0.2) is 0 Å². The van der Waals surface area contributed by atoms with E-state index in [1.807, 2.05) is 106 Å². The fraction of sp³-hybridized carbons (Fsp3) is 0.364. The third-order valence-electron chi connectivity index (χ3n) is 7.65. The van der Waals surface area contributed by atoms with E-state index in [-0.39, 0.29) is 20.0 Å². The summed E-state index contributed by atoms with van der Waals surface area (Å²) in [6.45, 7) is 0.860. The molecule has 0 spiro atoms. The number of benzene rings is 3. The number of rotatable bonds is 12. The molecule has 3 unspecified atom stereocenters. The van der Waals surface area contributed by atoms with E-state index in [0.29, 0.717) is 19.3 Å². The Morgan fingerprint density at radius 2 is 0.738 bits per heavy atom. The first-order valence-electron chi connectivity index (χ1n) is 14.0. The van der Waals surface area contributed by atoms with Crippen LogP contribution in [-0.4, -0.2) is 92.1 Å². The van der Waals surface area contributed by atoms with Crippen LogP contribution in [0.5, 0.6) is 0 Å². The van der Waals surface area contributed by atoms with E-state index in [1.165, 1.54) is 21.3 Å². The molecule has 1 fully saturated rings. The number of esters is 3. The number of ether oxygens (including phenoxy) is 3. The molecule has 0 aromatic heterocycles. The Morgan fingerprint density at radius 3 is 0.952 bits per heavy atom. The van der Waals surface area contributed by atoms with Crippen molar-refractivity contribution in [1.29, 1.82) is 0 Å². The van der Waals surface area contributed by atoms with E-state index in [1.54, 1.807) is 0 Å². The molecule has 0 saturated carbocycles. The third kappa shape index (κ3) is 8.03. The third-order valence-corrected chi connectivity index (χ3v) is 7.65. The largest absolute Gasteiger partial charge is 0.468 e. The molecule has 42 heavy (non-hydrogen) atoms. The Morgan fingerprint density at radius 1 is 0.500 bits per heavy atom. The van der Waals surface area contributed by atoms with E-state index in [9.17, 15) is 14.4 Å². The van der Waals surface area contributed by atoms with Gasteiger partial charge in [-0.1, -0.05) is 91.0 Å². The molecule has 1 aliphatic heterocycles. The van der Waals surface area contributed by atoms with E-state index < -0.39 is 36.0 Å². The summed E-state index contributed by atoms with van der Waals surface area (Å²) >= 11 is 0. The molecule has 9 heteroatoms. The minimum atomic E-state index is -0.659. The summed E-state index contributed by atoms with van der Waals surface area (Å²) in [5.74, 6) is -1.18. The van der Waals surface area contributed by atoms with Crippen LogP contribution in [0.1, 0.15) is 16.7 Å². The predicted octanol–water partition coefficient (Wildman–Crippen LogP) is 3.13. The average Bonchev–Trinajstić information content (AvgIpc) is 3.05. The van der Waals surface area contributed by atoms with Gasteiger partial charge in [0.25, 0.3) is 0 Å². The Hall–Kier alpha value is -4.05. The second-order valence-electron chi connectivity index (χ2n) is 10.4. The highest BCUT2D eigenvalue weighted by Crippen LogP contribution is 2.23. The summed E-state index contributed by atoms with van der Waals surface area (Å²) in [5.41, 5.74) is 2.91. The van der Waals surface area contributed by atoms with Gasteiger partial charge in [0.15, 0.2) is 0 Å². The normalized spacial score (nSPS) is 16.6. The van der Waals surface area contributed by atoms with Gasteiger partial charge >= 0.3 is 17.9 Å². The molecule has 1 aliphatic rings. The molecule has 0 radical (unpaired) electrons. The molecule has 9 nitrogen and oxygen atoms in total. The summed E-state index contributed by atoms with van der Waals surface area (Å²) < 4.78 is 15.8. The lowest BCUT2D eigenvalue weighted by atomic mass is 10.0. The summed E-state index contributed by atoms with van der Waals surface area (Å²) in [7, 11) is 4.12. The molecule has 3 aromatic carbocycles. The highest BCUT2D eigenvalue weighted by Gasteiger charge is 2.41. The maximum atomic E-state index is 13.2. The van der Waals surface area contributed by atoms with Gasteiger partial charge in [0.2, 0.25) is 0 Å². The summed E-state index contributed by atoms with van der Waals surface area (Å²) in [5, 5.41) is 0. The second kappa shape index (κ2) is 15.3. The van der Waals surface area contributed by atoms with Gasteiger partial charge in [-0.15, -0.1) is 0 Å². The standard InChI is InChI=1S/C33H39N3O6/c1-40-31(37)28(19-25-13-7-4-8-14-25)34-22-35(29(32(38)41-2)20-26-15-9-5-10-16-26)24-36(23-34)30(33(39)42-3)21-27-17-11-6-12-18-27/h4-18,28-30H,19-24H2,1-3H3. The summed E-state index contributed by atoms with van der Waals surface area (Å²) in [6.07, 6.45) is 1.20. The second-order valence-corrected chi connectivity index (χ2v) is 10.4. The number of carbonyl (C=O) groups is 3. The van der Waals surface area contributed by atoms with Gasteiger partial charge in [-0.05, 0) is 36.0 Å². The van der Waals surface area contributed by atoms with Crippen molar-refractivity contribution < 1.29 is 28.6 Å². The van der Waals surface area contributed by atoms with Crippen LogP contribution < -0.4 is 0 Å². The molecular weight excluding hydrogens is 534 g/mol. The van der Waals surface area contributed by atoms with Crippen molar-refractivity contribution in [3.05, 3.63) is 108 Å². The molecule has 1 heterocycles. The van der Waals surface area contributed by atoms with Crippen molar-refractivity contribution in [2.24, 2.45) is 0 Å². The molecule has 0 aliphatic carbocycles. The Kier molecular flexibility index (Phi) is 11.2. The van der Waals surface area contributed by atoms with Crippen molar-refractivity contribution in [2.75, 3.05) is 41.3 Å². The van der Waals surface area contributed by atoms with Crippen molar-refractivity contribution in [1.82, 2.24) is 14.7 Å². The molecule has 1 saturated heterocycles. The number of methoxy groups -OCH3 is 3. The minimum absolute atomic E-state index is 0.287. The van der Waals surface area contributed by atoms with Crippen LogP contribution in [0.25, 0.3) is 0 Å². The number of nitrogens with zero attached hydrogens (tertiary/aromatic N) is 3. The molecule has 4 rings (SSSR count). The molecule has 3 atom stereocenters. The Labute approximate surface area is 247 Å². The number of hydrogen-bond acceptors (Lipinski definition) is 9. The molecule has 0 bridgehead atoms. The first-order chi connectivity index (χ1) is 20.4. The Balaban J connectivity index is 1.73. The minimum Gasteiger partial charge on any atom is -0.468 e. The van der Waals surface area contributed by atoms with Gasteiger partial charge in [-0.2, -0.15) is 0 Å². The van der Waals surface area contributed by atoms with Gasteiger partial charge in [-0.3, -0.25) is 29.1 Å². The zero-order valence-electron chi connectivity index (χ0n) is 24.4. The smallest absolute Gasteiger partial charge is 0.323 e. The number of hydrogen-bond donors (Lipinski definition) is 0. The highest BCUT2D eigenvalue weighted by atomic mass is 16.5. The zero-order valence-corrected chi connectivity index (χ0v) is 24.4. The van der Waals surface area contributed by atoms with Crippen molar-refractivity contribution in [3.8, 4) is 0 Å². The van der Waals surface area contributed by atoms with Gasteiger partial charge in [0.1, 0.15) is 18.1 Å². The monoisotopic (exact) mass is 573 g/mol. The zero-order chi connectivity index (χ0) is 29.9. The van der Waals surface area contributed by atoms with Crippen LogP contribution >= 0.6 is 0 Å². The molecule has 0 N–H and O–H groups in total. The first kappa shape index (κ1) is 30.9. The van der Waals surface area contributed by atoms with E-state index >= 15 is 0 Å². The maximum Gasteiger partial charge on any atom is 0.323 e. The fourth-order valence-corrected chi connectivity index (χ4v) is 5.43. The fourth-order valence-electron chi connectivity index (χ4n) is 5.43. The predicted molar refractivity (Wildman–Crippen MR) is 158 cm³/mol. The lowest BCUT2D eigenvalue weighted by Gasteiger charge is -2.48. The van der Waals surface area contributed by atoms with Crippen LogP contribution in [0.4, 0.5) is 0 Å². The quantitative estimate of drug-likeness (QED) is 0.240. The Bertz CT molecular complexity index is 1120. The lowest BCUT2D eigenvalue weighted by Crippen LogP contribution is -2.66. The van der Waals surface area contributed by atoms with Crippen molar-refractivity contribution >= 4 is 17.9 Å². The van der Waals surface area contributed by atoms with Crippen molar-refractivity contribution in [3.63, 3.8) is 0 Å².